The molecule has 20 nitrogen and oxygen atoms in total. The highest BCUT2D eigenvalue weighted by atomic mass is 19.3. The van der Waals surface area contributed by atoms with Gasteiger partial charge in [0.15, 0.2) is 5.58 Å². The first-order chi connectivity index (χ1) is 34.4. The molecule has 6 atom stereocenters. The van der Waals surface area contributed by atoms with Crippen LogP contribution in [-0.2, 0) is 21.5 Å². The minimum Gasteiger partial charge on any atom is -0.364 e. The summed E-state index contributed by atoms with van der Waals surface area (Å²) in [5, 5.41) is 28.3. The van der Waals surface area contributed by atoms with E-state index in [1.54, 1.807) is 18.5 Å². The van der Waals surface area contributed by atoms with Crippen LogP contribution in [0, 0.1) is 44.4 Å². The van der Waals surface area contributed by atoms with Crippen LogP contribution in [0.4, 0.5) is 26.1 Å². The van der Waals surface area contributed by atoms with Gasteiger partial charge in [0.2, 0.25) is 11.3 Å². The number of nitrogens with zero attached hydrogens (tertiary/aromatic N) is 12. The Morgan fingerprint density at radius 3 is 2.10 bits per heavy atom. The van der Waals surface area contributed by atoms with Crippen LogP contribution in [0.1, 0.15) is 46.8 Å². The van der Waals surface area contributed by atoms with Gasteiger partial charge in [-0.2, -0.15) is 19.0 Å². The predicted molar refractivity (Wildman–Crippen MR) is 255 cm³/mol. The Labute approximate surface area is 402 Å². The molecule has 22 heteroatoms. The van der Waals surface area contributed by atoms with E-state index < -0.39 is 11.8 Å². The molecule has 2 aromatic carbocycles. The summed E-state index contributed by atoms with van der Waals surface area (Å²) in [7, 11) is 1.34. The Morgan fingerprint density at radius 2 is 1.45 bits per heavy atom. The number of alkyl halides is 2. The van der Waals surface area contributed by atoms with E-state index in [9.17, 15) is 13.6 Å². The second kappa shape index (κ2) is 15.4. The number of nitrogens with one attached hydrogen (secondary N) is 2. The van der Waals surface area contributed by atoms with Crippen molar-refractivity contribution in [3.8, 4) is 22.5 Å². The smallest absolute Gasteiger partial charge is 0.352 e. The molecular formula is C49H48F2N16O4. The van der Waals surface area contributed by atoms with Gasteiger partial charge in [0.25, 0.3) is 0 Å². The van der Waals surface area contributed by atoms with Gasteiger partial charge in [-0.1, -0.05) is 27.6 Å². The van der Waals surface area contributed by atoms with Gasteiger partial charge in [0.1, 0.15) is 34.7 Å². The Kier molecular flexibility index (Phi) is 9.39. The fraction of sp³-hybridized carbons (Fsp3) is 0.388. The Hall–Kier alpha value is -7.72. The first-order valence-corrected chi connectivity index (χ1v) is 23.7. The summed E-state index contributed by atoms with van der Waals surface area (Å²) < 4.78 is 45.7. The second-order valence-corrected chi connectivity index (χ2v) is 19.7. The van der Waals surface area contributed by atoms with Crippen molar-refractivity contribution >= 4 is 56.5 Å². The van der Waals surface area contributed by atoms with Crippen LogP contribution in [-0.4, -0.2) is 108 Å². The average molecular weight is 963 g/mol. The van der Waals surface area contributed by atoms with Crippen LogP contribution in [0.5, 0.6) is 0 Å². The van der Waals surface area contributed by atoms with Gasteiger partial charge in [0.05, 0.1) is 52.1 Å². The highest BCUT2D eigenvalue weighted by Crippen LogP contribution is 2.64. The van der Waals surface area contributed by atoms with Gasteiger partial charge in [0, 0.05) is 85.3 Å². The molecule has 3 aliphatic heterocycles. The maximum Gasteiger partial charge on any atom is 0.352 e. The Morgan fingerprint density at radius 1 is 0.789 bits per heavy atom. The van der Waals surface area contributed by atoms with Gasteiger partial charge in [-0.3, -0.25) is 15.0 Å². The van der Waals surface area contributed by atoms with Gasteiger partial charge < -0.3 is 39.7 Å². The fourth-order valence-corrected chi connectivity index (χ4v) is 12.5. The SMILES string of the molecule is Cc1cc([C@@]2(CN)[C@@H]3CCN(c4cnc5c(-c6cccc7c6C(F)(F)C(=O)N7C)[nH]nc5n4)C[C@@H]32)no1.Cc1conc1C1(CN)C2CCN(c3cnc4c(-c5ccc6onc(C)c6c5)[nH]nc4n3)CC21. The number of aryl methyl sites for hydroxylation is 3. The van der Waals surface area contributed by atoms with E-state index in [-0.39, 0.29) is 27.6 Å². The number of piperidine rings is 2. The first kappa shape index (κ1) is 43.3. The van der Waals surface area contributed by atoms with Crippen molar-refractivity contribution < 1.29 is 27.1 Å². The number of likely N-dealkylation sites (N-methyl/N-ethyl adjacent to an activating group) is 1. The maximum atomic E-state index is 14.9. The molecule has 4 fully saturated rings. The second-order valence-electron chi connectivity index (χ2n) is 19.7. The summed E-state index contributed by atoms with van der Waals surface area (Å²) in [4.78, 5) is 36.5. The molecule has 71 heavy (non-hydrogen) atoms. The number of hydrogen-bond acceptors (Lipinski definition) is 17. The van der Waals surface area contributed by atoms with Gasteiger partial charge >= 0.3 is 11.8 Å². The summed E-state index contributed by atoms with van der Waals surface area (Å²) in [5.74, 6) is -0.903. The summed E-state index contributed by atoms with van der Waals surface area (Å²) in [5.41, 5.74) is 21.0. The van der Waals surface area contributed by atoms with E-state index in [2.05, 4.69) is 50.6 Å². The van der Waals surface area contributed by atoms with Crippen molar-refractivity contribution in [2.45, 2.75) is 50.4 Å². The number of rotatable bonds is 8. The number of benzene rings is 2. The number of H-pyrrole nitrogens is 2. The molecule has 14 rings (SSSR count). The van der Waals surface area contributed by atoms with E-state index in [0.717, 1.165) is 106 Å². The highest BCUT2D eigenvalue weighted by Gasteiger charge is 2.68. The van der Waals surface area contributed by atoms with Crippen LogP contribution < -0.4 is 26.2 Å². The largest absolute Gasteiger partial charge is 0.364 e. The summed E-state index contributed by atoms with van der Waals surface area (Å²) in [6.45, 7) is 10.2. The number of hydrogen-bond donors (Lipinski definition) is 4. The lowest BCUT2D eigenvalue weighted by atomic mass is 9.94. The lowest BCUT2D eigenvalue weighted by Gasteiger charge is -2.26. The third-order valence-electron chi connectivity index (χ3n) is 16.3. The van der Waals surface area contributed by atoms with E-state index in [4.69, 9.17) is 40.0 Å². The lowest BCUT2D eigenvalue weighted by Crippen LogP contribution is -2.32. The topological polar surface area (TPSA) is 266 Å². The van der Waals surface area contributed by atoms with Gasteiger partial charge in [-0.05, 0) is 81.5 Å². The number of halogens is 2. The summed E-state index contributed by atoms with van der Waals surface area (Å²) in [6.07, 6.45) is 7.18. The molecule has 2 saturated heterocycles. The van der Waals surface area contributed by atoms with Crippen molar-refractivity contribution in [3.05, 3.63) is 95.1 Å². The first-order valence-electron chi connectivity index (χ1n) is 23.7. The molecule has 2 aliphatic carbocycles. The summed E-state index contributed by atoms with van der Waals surface area (Å²) in [6, 6.07) is 12.6. The van der Waals surface area contributed by atoms with Crippen molar-refractivity contribution in [2.75, 3.05) is 61.0 Å². The predicted octanol–water partition coefficient (Wildman–Crippen LogP) is 5.86. The molecule has 9 aromatic rings. The number of fused-ring (bicyclic) bond motifs is 6. The van der Waals surface area contributed by atoms with Crippen LogP contribution in [0.2, 0.25) is 0 Å². The van der Waals surface area contributed by atoms with E-state index in [0.29, 0.717) is 65.1 Å². The van der Waals surface area contributed by atoms with Gasteiger partial charge in [-0.25, -0.2) is 19.9 Å². The number of carbonyl (C=O) groups excluding carboxylic acids is 1. The Balaban J connectivity index is 0.000000139. The van der Waals surface area contributed by atoms with Crippen LogP contribution in [0.3, 0.4) is 0 Å². The highest BCUT2D eigenvalue weighted by molar-refractivity contribution is 6.08. The molecule has 1 amide bonds. The zero-order valence-corrected chi connectivity index (χ0v) is 39.1. The minimum absolute atomic E-state index is 0.0957. The monoisotopic (exact) mass is 962 g/mol. The van der Waals surface area contributed by atoms with E-state index >= 15 is 0 Å². The number of carbonyl (C=O) groups is 1. The molecule has 362 valence electrons. The molecule has 3 unspecified atom stereocenters. The number of nitrogens with two attached hydrogens (primary N) is 2. The molecule has 2 saturated carbocycles. The van der Waals surface area contributed by atoms with Crippen LogP contribution in [0.25, 0.3) is 55.8 Å². The summed E-state index contributed by atoms with van der Waals surface area (Å²) >= 11 is 0. The third-order valence-corrected chi connectivity index (χ3v) is 16.3. The molecule has 0 bridgehead atoms. The van der Waals surface area contributed by atoms with E-state index in [1.165, 1.54) is 19.2 Å². The third kappa shape index (κ3) is 6.19. The van der Waals surface area contributed by atoms with Crippen molar-refractivity contribution in [3.63, 3.8) is 0 Å². The zero-order chi connectivity index (χ0) is 48.7. The van der Waals surface area contributed by atoms with Crippen molar-refractivity contribution in [1.29, 1.82) is 0 Å². The standard InChI is InChI=1S/C25H24F2N8O2.C24H24N8O2/c1-12-8-17(33-37-12)24(11-28)14-6-7-35(10-15(14)24)18-9-29-21-20(31-32-22(21)30-18)13-4-3-5-16-19(13)25(26,27)23(36)34(16)2;1-12-10-33-31-22(12)24(11-25)16-5-6-32(9-17(16)24)19-8-26-21-20(28-29-23(21)27-19)14-3-4-18-15(7-14)13(2)30-34-18/h3-5,8-9,14-15H,6-7,10-11,28H2,1-2H3,(H,30,31,32);3-4,7-8,10,16-17H,5-6,9,11,25H2,1-2H3,(H,27,28,29)/t14-,15+,24+;/m1./s1. The lowest BCUT2D eigenvalue weighted by molar-refractivity contribution is -0.141. The molecule has 6 N–H and O–H groups in total. The number of anilines is 3. The van der Waals surface area contributed by atoms with Crippen LogP contribution in [0.15, 0.2) is 74.7 Å². The number of amides is 1. The fourth-order valence-electron chi connectivity index (χ4n) is 12.5. The minimum atomic E-state index is -3.64. The molecule has 5 aliphatic rings. The van der Waals surface area contributed by atoms with Gasteiger partial charge in [-0.15, -0.1) is 0 Å². The van der Waals surface area contributed by atoms with Crippen molar-refractivity contribution in [2.24, 2.45) is 35.1 Å². The quantitative estimate of drug-likeness (QED) is 0.139. The maximum absolute atomic E-state index is 14.9. The molecule has 0 radical (unpaired) electrons. The Bertz CT molecular complexity index is 3600. The number of aromatic amines is 2. The molecular weight excluding hydrogens is 915 g/mol. The number of aromatic nitrogens is 11. The average Bonchev–Trinajstić information content (AvgIpc) is 3.82. The molecule has 10 heterocycles. The van der Waals surface area contributed by atoms with E-state index in [1.807, 2.05) is 51.2 Å². The normalized spacial score (nSPS) is 25.1. The molecule has 0 spiro atoms. The van der Waals surface area contributed by atoms with Crippen molar-refractivity contribution in [1.82, 2.24) is 55.8 Å². The van der Waals surface area contributed by atoms with Crippen LogP contribution >= 0.6 is 0 Å². The zero-order valence-electron chi connectivity index (χ0n) is 39.1. The molecule has 7 aromatic heterocycles.